The highest BCUT2D eigenvalue weighted by molar-refractivity contribution is 6.13. The van der Waals surface area contributed by atoms with Crippen LogP contribution >= 0.6 is 0 Å². The highest BCUT2D eigenvalue weighted by atomic mass is 28.2. The summed E-state index contributed by atoms with van der Waals surface area (Å²) >= 11 is 0. The minimum absolute atomic E-state index is 0.0957. The van der Waals surface area contributed by atoms with E-state index < -0.39 is 0 Å². The summed E-state index contributed by atoms with van der Waals surface area (Å²) in [5, 5.41) is 2.40. The molecule has 2 N–H and O–H groups in total. The van der Waals surface area contributed by atoms with Gasteiger partial charge in [-0.2, -0.15) is 0 Å². The summed E-state index contributed by atoms with van der Waals surface area (Å²) in [6.07, 6.45) is 0. The SMILES string of the molecule is CNC(=O)N[SiH3]. The molecule has 2 amide bonds. The van der Waals surface area contributed by atoms with Crippen molar-refractivity contribution < 1.29 is 4.79 Å². The third kappa shape index (κ3) is 1.77. The summed E-state index contributed by atoms with van der Waals surface area (Å²) in [7, 11) is 2.31. The Hall–Kier alpha value is -0.513. The Balaban J connectivity index is 2.99. The number of nitrogens with one attached hydrogen (secondary N) is 2. The van der Waals surface area contributed by atoms with Crippen molar-refractivity contribution in [3.05, 3.63) is 0 Å². The van der Waals surface area contributed by atoms with Crippen molar-refractivity contribution >= 4 is 16.4 Å². The largest absolute Gasteiger partial charge is 0.373 e. The van der Waals surface area contributed by atoms with Gasteiger partial charge < -0.3 is 10.3 Å². The van der Waals surface area contributed by atoms with Crippen molar-refractivity contribution in [1.82, 2.24) is 10.3 Å². The van der Waals surface area contributed by atoms with Crippen LogP contribution in [-0.4, -0.2) is 23.5 Å². The standard InChI is InChI=1S/C2H8N2OSi/c1-3-2(5)4-6/h1,6H3,(H2,3,4,5). The molecule has 0 aromatic carbocycles. The van der Waals surface area contributed by atoms with Crippen LogP contribution in [0.1, 0.15) is 0 Å². The average Bonchev–Trinajstić information content (AvgIpc) is 1.65. The average molecular weight is 104 g/mol. The maximum absolute atomic E-state index is 9.99. The predicted octanol–water partition coefficient (Wildman–Crippen LogP) is -1.80. The number of urea groups is 1. The molecule has 0 atom stereocenters. The van der Waals surface area contributed by atoms with Gasteiger partial charge >= 0.3 is 6.03 Å². The summed E-state index contributed by atoms with van der Waals surface area (Å²) in [5.74, 6) is 0. The molecule has 0 radical (unpaired) electrons. The lowest BCUT2D eigenvalue weighted by Gasteiger charge is -1.91. The molecule has 0 aliphatic carbocycles. The fourth-order valence-electron chi connectivity index (χ4n) is 0.125. The molecule has 0 aromatic heterocycles. The first-order chi connectivity index (χ1) is 2.81. The van der Waals surface area contributed by atoms with Crippen LogP contribution in [0.2, 0.25) is 0 Å². The number of hydrogen-bond acceptors (Lipinski definition) is 1. The second-order valence-corrected chi connectivity index (χ2v) is 1.33. The van der Waals surface area contributed by atoms with E-state index in [1.54, 1.807) is 7.05 Å². The smallest absolute Gasteiger partial charge is 0.305 e. The van der Waals surface area contributed by atoms with E-state index >= 15 is 0 Å². The zero-order chi connectivity index (χ0) is 4.99. The molecule has 0 aliphatic rings. The highest BCUT2D eigenvalue weighted by Gasteiger charge is 1.81. The van der Waals surface area contributed by atoms with Crippen LogP contribution < -0.4 is 10.3 Å². The third-order valence-electron chi connectivity index (χ3n) is 0.454. The van der Waals surface area contributed by atoms with Crippen LogP contribution in [0.5, 0.6) is 0 Å². The molecule has 0 saturated heterocycles. The zero-order valence-corrected chi connectivity index (χ0v) is 5.91. The molecule has 0 aromatic rings. The summed E-state index contributed by atoms with van der Waals surface area (Å²) < 4.78 is 0. The normalized spacial score (nSPS) is 7.50. The van der Waals surface area contributed by atoms with E-state index in [-0.39, 0.29) is 6.03 Å². The van der Waals surface area contributed by atoms with Crippen molar-refractivity contribution in [2.75, 3.05) is 7.05 Å². The van der Waals surface area contributed by atoms with Crippen molar-refractivity contribution in [3.8, 4) is 0 Å². The molecule has 0 rings (SSSR count). The van der Waals surface area contributed by atoms with E-state index in [0.717, 1.165) is 10.4 Å². The first-order valence-electron chi connectivity index (χ1n) is 1.70. The fraction of sp³-hybridized carbons (Fsp3) is 0.500. The number of carbonyl (C=O) groups excluding carboxylic acids is 1. The first-order valence-corrected chi connectivity index (χ1v) is 2.70. The molecule has 0 bridgehead atoms. The Bertz CT molecular complexity index is 49.5. The minimum Gasteiger partial charge on any atom is -0.373 e. The number of hydrogen-bond donors (Lipinski definition) is 2. The van der Waals surface area contributed by atoms with Gasteiger partial charge in [0.1, 0.15) is 10.4 Å². The van der Waals surface area contributed by atoms with E-state index in [4.69, 9.17) is 0 Å². The van der Waals surface area contributed by atoms with Crippen molar-refractivity contribution in [2.24, 2.45) is 0 Å². The number of amides is 2. The molecule has 4 heteroatoms. The molecular weight excluding hydrogens is 96.1 g/mol. The Labute approximate surface area is 39.6 Å². The molecule has 3 nitrogen and oxygen atoms in total. The van der Waals surface area contributed by atoms with Gasteiger partial charge in [0.25, 0.3) is 0 Å². The monoisotopic (exact) mass is 104 g/mol. The Morgan fingerprint density at radius 1 is 1.83 bits per heavy atom. The molecule has 0 saturated carbocycles. The molecule has 36 valence electrons. The van der Waals surface area contributed by atoms with Crippen LogP contribution in [-0.2, 0) is 0 Å². The molecule has 0 fully saturated rings. The van der Waals surface area contributed by atoms with Crippen LogP contribution in [0.15, 0.2) is 0 Å². The van der Waals surface area contributed by atoms with E-state index in [2.05, 4.69) is 10.3 Å². The van der Waals surface area contributed by atoms with E-state index in [1.807, 2.05) is 0 Å². The topological polar surface area (TPSA) is 41.1 Å². The van der Waals surface area contributed by atoms with Gasteiger partial charge in [-0.1, -0.05) is 0 Å². The molecule has 0 aliphatic heterocycles. The first kappa shape index (κ1) is 5.49. The molecule has 0 heterocycles. The van der Waals surface area contributed by atoms with Crippen molar-refractivity contribution in [1.29, 1.82) is 0 Å². The lowest BCUT2D eigenvalue weighted by Crippen LogP contribution is -2.30. The number of rotatable bonds is 0. The second-order valence-electron chi connectivity index (χ2n) is 0.829. The maximum atomic E-state index is 9.99. The summed E-state index contributed by atoms with van der Waals surface area (Å²) in [5.41, 5.74) is 0. The van der Waals surface area contributed by atoms with Gasteiger partial charge in [-0.25, -0.2) is 4.79 Å². The molecule has 6 heavy (non-hydrogen) atoms. The summed E-state index contributed by atoms with van der Waals surface area (Å²) in [6.45, 7) is 0. The maximum Gasteiger partial charge on any atom is 0.305 e. The van der Waals surface area contributed by atoms with E-state index in [1.165, 1.54) is 0 Å². The summed E-state index contributed by atoms with van der Waals surface area (Å²) in [6, 6.07) is -0.0957. The molecule has 0 spiro atoms. The van der Waals surface area contributed by atoms with Gasteiger partial charge in [-0.05, 0) is 0 Å². The van der Waals surface area contributed by atoms with Gasteiger partial charge in [-0.3, -0.25) is 0 Å². The Kier molecular flexibility index (Phi) is 2.48. The lowest BCUT2D eigenvalue weighted by atomic mass is 11.0. The van der Waals surface area contributed by atoms with Gasteiger partial charge in [0.2, 0.25) is 0 Å². The fourth-order valence-corrected chi connectivity index (χ4v) is 0.375. The van der Waals surface area contributed by atoms with Crippen LogP contribution in [0.25, 0.3) is 0 Å². The minimum atomic E-state index is -0.0957. The van der Waals surface area contributed by atoms with E-state index in [9.17, 15) is 4.79 Å². The molecule has 0 unspecified atom stereocenters. The van der Waals surface area contributed by atoms with Crippen molar-refractivity contribution in [3.63, 3.8) is 0 Å². The lowest BCUT2D eigenvalue weighted by molar-refractivity contribution is 0.248. The van der Waals surface area contributed by atoms with Gasteiger partial charge in [-0.15, -0.1) is 0 Å². The Morgan fingerprint density at radius 3 is 2.33 bits per heavy atom. The van der Waals surface area contributed by atoms with Crippen LogP contribution in [0.3, 0.4) is 0 Å². The number of carbonyl (C=O) groups is 1. The highest BCUT2D eigenvalue weighted by Crippen LogP contribution is 1.47. The van der Waals surface area contributed by atoms with Gasteiger partial charge in [0, 0.05) is 7.05 Å². The zero-order valence-electron chi connectivity index (χ0n) is 3.91. The second kappa shape index (κ2) is 2.71. The Morgan fingerprint density at radius 2 is 2.33 bits per heavy atom. The van der Waals surface area contributed by atoms with Gasteiger partial charge in [0.15, 0.2) is 0 Å². The van der Waals surface area contributed by atoms with Crippen LogP contribution in [0, 0.1) is 0 Å². The summed E-state index contributed by atoms with van der Waals surface area (Å²) in [4.78, 5) is 12.5. The van der Waals surface area contributed by atoms with Crippen LogP contribution in [0.4, 0.5) is 4.79 Å². The van der Waals surface area contributed by atoms with E-state index in [0.29, 0.717) is 0 Å². The third-order valence-corrected chi connectivity index (χ3v) is 0.908. The van der Waals surface area contributed by atoms with Crippen molar-refractivity contribution in [2.45, 2.75) is 0 Å². The van der Waals surface area contributed by atoms with Gasteiger partial charge in [0.05, 0.1) is 0 Å². The quantitative estimate of drug-likeness (QED) is 0.350. The molecular formula is C2H8N2OSi. The predicted molar refractivity (Wildman–Crippen MR) is 27.5 cm³/mol.